The van der Waals surface area contributed by atoms with Crippen molar-refractivity contribution in [2.75, 3.05) is 53.8 Å². The number of aliphatic hydroxyl groups is 3. The Morgan fingerprint density at radius 3 is 2.26 bits per heavy atom. The quantitative estimate of drug-likeness (QED) is 0.0767. The fourth-order valence-electron chi connectivity index (χ4n) is 10.6. The molecule has 0 aromatic rings. The molecule has 3 heterocycles. The lowest BCUT2D eigenvalue weighted by Gasteiger charge is -2.43. The third-order valence-electron chi connectivity index (χ3n) is 15.3. The average molecular weight is 1020 g/mol. The number of nitrogens with zero attached hydrogens (tertiary/aromatic N) is 1. The van der Waals surface area contributed by atoms with E-state index in [-0.39, 0.29) is 67.8 Å². The maximum atomic E-state index is 14.5. The van der Waals surface area contributed by atoms with Crippen molar-refractivity contribution >= 4 is 29.2 Å². The van der Waals surface area contributed by atoms with Crippen molar-refractivity contribution in [2.45, 2.75) is 187 Å². The SMILES string of the molecule is CCOCCOCCO[C@@H]1C[C@@H]2CC[C@@H](C)[C@@](O)(O2)C(=O)C(=O)N2CCCC[C@H]2C(=O)O[C@H]([C@H](C)C[C@@H]2CC[C@@H](O)[C@H](OC)C2)CC(=O)[C@H](C)/C=C(\C)[C@@H](O)[C@@H](OC)C(=O)[C@H](C)C[C@H](C)/C=C/C=CC=C1C. The summed E-state index contributed by atoms with van der Waals surface area (Å²) in [5, 5.41) is 34.2. The van der Waals surface area contributed by atoms with Crippen molar-refractivity contribution < 1.29 is 72.5 Å². The smallest absolute Gasteiger partial charge is 0.329 e. The van der Waals surface area contributed by atoms with E-state index in [4.69, 9.17) is 33.2 Å². The number of cyclic esters (lactones) is 1. The monoisotopic (exact) mass is 1020 g/mol. The molecule has 3 N–H and O–H groups in total. The molecule has 0 radical (unpaired) electrons. The Hall–Kier alpha value is -3.45. The second-order valence-corrected chi connectivity index (χ2v) is 21.0. The molecule has 0 unspecified atom stereocenters. The van der Waals surface area contributed by atoms with E-state index in [9.17, 15) is 39.3 Å². The minimum Gasteiger partial charge on any atom is -0.460 e. The van der Waals surface area contributed by atoms with Crippen LogP contribution in [0.3, 0.4) is 0 Å². The summed E-state index contributed by atoms with van der Waals surface area (Å²) in [6.07, 6.45) is 10.8. The molecule has 0 spiro atoms. The topological polar surface area (TPSA) is 214 Å². The van der Waals surface area contributed by atoms with E-state index in [1.54, 1.807) is 34.0 Å². The fraction of sp³-hybridized carbons (Fsp3) is 0.768. The van der Waals surface area contributed by atoms with E-state index in [1.165, 1.54) is 12.0 Å². The maximum absolute atomic E-state index is 14.5. The zero-order valence-electron chi connectivity index (χ0n) is 45.0. The number of amides is 1. The highest BCUT2D eigenvalue weighted by molar-refractivity contribution is 6.39. The molecule has 1 amide bonds. The van der Waals surface area contributed by atoms with E-state index >= 15 is 0 Å². The van der Waals surface area contributed by atoms with Gasteiger partial charge in [-0.05, 0) is 114 Å². The first-order valence-corrected chi connectivity index (χ1v) is 26.7. The largest absolute Gasteiger partial charge is 0.460 e. The molecule has 4 rings (SSSR count). The molecular weight excluding hydrogens is 927 g/mol. The summed E-state index contributed by atoms with van der Waals surface area (Å²) in [4.78, 5) is 72.5. The Morgan fingerprint density at radius 1 is 0.833 bits per heavy atom. The first kappa shape index (κ1) is 61.1. The lowest BCUT2D eigenvalue weighted by atomic mass is 9.78. The Morgan fingerprint density at radius 2 is 1.56 bits per heavy atom. The van der Waals surface area contributed by atoms with Crippen LogP contribution in [0.5, 0.6) is 0 Å². The van der Waals surface area contributed by atoms with Crippen LogP contribution in [-0.4, -0.2) is 158 Å². The Balaban J connectivity index is 1.70. The lowest BCUT2D eigenvalue weighted by Crippen LogP contribution is -2.61. The highest BCUT2D eigenvalue weighted by Gasteiger charge is 2.53. The van der Waals surface area contributed by atoms with E-state index in [1.807, 2.05) is 65.0 Å². The second-order valence-electron chi connectivity index (χ2n) is 21.0. The summed E-state index contributed by atoms with van der Waals surface area (Å²) in [7, 11) is 2.94. The molecule has 16 nitrogen and oxygen atoms in total. The van der Waals surface area contributed by atoms with Crippen molar-refractivity contribution in [1.82, 2.24) is 4.90 Å². The van der Waals surface area contributed by atoms with Crippen LogP contribution < -0.4 is 0 Å². The average Bonchev–Trinajstić information content (AvgIpc) is 3.36. The Kier molecular flexibility index (Phi) is 25.6. The first-order chi connectivity index (χ1) is 34.2. The summed E-state index contributed by atoms with van der Waals surface area (Å²) in [6.45, 7) is 16.7. The summed E-state index contributed by atoms with van der Waals surface area (Å²) in [5.74, 6) is -8.18. The van der Waals surface area contributed by atoms with Crippen LogP contribution in [0.1, 0.15) is 132 Å². The zero-order valence-corrected chi connectivity index (χ0v) is 45.0. The van der Waals surface area contributed by atoms with E-state index < -0.39 is 83.9 Å². The highest BCUT2D eigenvalue weighted by atomic mass is 16.6. The number of hydrogen-bond acceptors (Lipinski definition) is 15. The van der Waals surface area contributed by atoms with Crippen LogP contribution in [0.15, 0.2) is 47.6 Å². The number of hydrogen-bond donors (Lipinski definition) is 3. The van der Waals surface area contributed by atoms with Crippen molar-refractivity contribution in [3.05, 3.63) is 47.6 Å². The molecule has 1 aliphatic carbocycles. The van der Waals surface area contributed by atoms with Crippen LogP contribution in [0.4, 0.5) is 0 Å². The molecule has 16 heteroatoms. The first-order valence-electron chi connectivity index (χ1n) is 26.7. The third-order valence-corrected chi connectivity index (χ3v) is 15.3. The van der Waals surface area contributed by atoms with Gasteiger partial charge in [0.15, 0.2) is 5.78 Å². The van der Waals surface area contributed by atoms with Gasteiger partial charge in [-0.3, -0.25) is 19.2 Å². The van der Waals surface area contributed by atoms with Gasteiger partial charge in [0.25, 0.3) is 11.7 Å². The van der Waals surface area contributed by atoms with Crippen LogP contribution in [0.25, 0.3) is 0 Å². The number of ether oxygens (including phenoxy) is 7. The third kappa shape index (κ3) is 17.6. The minimum absolute atomic E-state index is 0.00654. The van der Waals surface area contributed by atoms with Gasteiger partial charge < -0.3 is 53.4 Å². The molecule has 1 saturated carbocycles. The number of fused-ring (bicyclic) bond motifs is 3. The van der Waals surface area contributed by atoms with Gasteiger partial charge in [-0.2, -0.15) is 0 Å². The molecule has 15 atom stereocenters. The van der Waals surface area contributed by atoms with Crippen LogP contribution >= 0.6 is 0 Å². The molecule has 4 aliphatic rings. The van der Waals surface area contributed by atoms with Crippen molar-refractivity contribution in [2.24, 2.45) is 35.5 Å². The molecular formula is C56H89NO15. The fourth-order valence-corrected chi connectivity index (χ4v) is 10.6. The molecule has 72 heavy (non-hydrogen) atoms. The number of Topliss-reactive ketones (excluding diaryl/α,β-unsaturated/α-hetero) is 3. The van der Waals surface area contributed by atoms with Gasteiger partial charge >= 0.3 is 5.97 Å². The molecule has 2 saturated heterocycles. The van der Waals surface area contributed by atoms with Gasteiger partial charge in [0.2, 0.25) is 5.79 Å². The van der Waals surface area contributed by atoms with Crippen molar-refractivity contribution in [3.63, 3.8) is 0 Å². The molecule has 0 aromatic heterocycles. The zero-order chi connectivity index (χ0) is 53.1. The Bertz CT molecular complexity index is 1880. The van der Waals surface area contributed by atoms with Crippen LogP contribution in [0.2, 0.25) is 0 Å². The van der Waals surface area contributed by atoms with E-state index in [0.717, 1.165) is 5.57 Å². The number of ketones is 3. The van der Waals surface area contributed by atoms with Gasteiger partial charge in [-0.15, -0.1) is 0 Å². The van der Waals surface area contributed by atoms with Crippen molar-refractivity contribution in [3.8, 4) is 0 Å². The molecule has 0 aromatic carbocycles. The standard InChI is InChI=1S/C56H89NO15/c1-11-68-25-26-69-27-28-70-47-33-43-22-20-41(8)56(65,72-43)53(62)54(63)57-24-16-15-19-44(57)55(64)71-48(38(5)31-42-21-23-45(58)49(32-42)66-9)34-46(59)37(4)30-40(7)51(61)52(67-10)50(60)39(6)29-35(2)17-13-12-14-18-36(47)3/h12-14,17-18,30,35,37-39,41-45,47-49,51-52,58,61,65H,11,15-16,19-29,31-34H2,1-10H3/b14-12?,17-13+,36-18?,40-30+/t35-,37-,38-,39-,41-,42+,43+,44+,45-,47-,48+,49-,51-,52+,56-/m1/s1. The van der Waals surface area contributed by atoms with Crippen LogP contribution in [-0.2, 0) is 57.1 Å². The normalized spacial score (nSPS) is 36.5. The Labute approximate surface area is 429 Å². The predicted molar refractivity (Wildman–Crippen MR) is 271 cm³/mol. The number of piperidine rings is 1. The summed E-state index contributed by atoms with van der Waals surface area (Å²) in [5.41, 5.74) is 1.23. The van der Waals surface area contributed by atoms with Gasteiger partial charge in [-0.1, -0.05) is 71.1 Å². The van der Waals surface area contributed by atoms with E-state index in [2.05, 4.69) is 0 Å². The van der Waals surface area contributed by atoms with Gasteiger partial charge in [0, 0.05) is 58.0 Å². The number of esters is 1. The number of aliphatic hydroxyl groups excluding tert-OH is 2. The number of carbonyl (C=O) groups is 5. The molecule has 3 fully saturated rings. The summed E-state index contributed by atoms with van der Waals surface area (Å²) in [6, 6.07) is -1.16. The highest BCUT2D eigenvalue weighted by Crippen LogP contribution is 2.38. The van der Waals surface area contributed by atoms with Gasteiger partial charge in [0.05, 0.1) is 50.8 Å². The second kappa shape index (κ2) is 30.2. The lowest BCUT2D eigenvalue weighted by molar-refractivity contribution is -0.266. The minimum atomic E-state index is -2.48. The molecule has 408 valence electrons. The number of rotatable bonds is 13. The van der Waals surface area contributed by atoms with Gasteiger partial charge in [-0.25, -0.2) is 4.79 Å². The van der Waals surface area contributed by atoms with Gasteiger partial charge in [0.1, 0.15) is 30.1 Å². The summed E-state index contributed by atoms with van der Waals surface area (Å²) < 4.78 is 41.2. The van der Waals surface area contributed by atoms with Crippen LogP contribution in [0, 0.1) is 35.5 Å². The van der Waals surface area contributed by atoms with E-state index in [0.29, 0.717) is 89.8 Å². The van der Waals surface area contributed by atoms with Crippen molar-refractivity contribution in [1.29, 1.82) is 0 Å². The number of methoxy groups -OCH3 is 2. The predicted octanol–water partition coefficient (Wildman–Crippen LogP) is 6.60. The maximum Gasteiger partial charge on any atom is 0.329 e. The summed E-state index contributed by atoms with van der Waals surface area (Å²) >= 11 is 0. The molecule has 3 aliphatic heterocycles. The molecule has 2 bridgehead atoms. The number of carbonyl (C=O) groups excluding carboxylic acids is 5. The number of allylic oxidation sites excluding steroid dienone is 6.